The Balaban J connectivity index is 1.36. The van der Waals surface area contributed by atoms with Crippen LogP contribution < -0.4 is 21.9 Å². The highest BCUT2D eigenvalue weighted by Crippen LogP contribution is 2.34. The molecule has 3 aromatic carbocycles. The second kappa shape index (κ2) is 13.1. The second-order valence-corrected chi connectivity index (χ2v) is 11.8. The number of hydrogen-bond donors (Lipinski definition) is 1. The molecule has 0 unspecified atom stereocenters. The van der Waals surface area contributed by atoms with Crippen LogP contribution in [0, 0.1) is 12.7 Å². The minimum atomic E-state index is -4.85. The first-order valence-electron chi connectivity index (χ1n) is 15.3. The quantitative estimate of drug-likeness (QED) is 0.236. The second-order valence-electron chi connectivity index (χ2n) is 11.8. The molecule has 12 heteroatoms. The predicted octanol–water partition coefficient (Wildman–Crippen LogP) is 5.10. The molecule has 6 rings (SSSR count). The molecular formula is C35H34F4N6O2. The Hall–Kier alpha value is -4.81. The van der Waals surface area contributed by atoms with E-state index in [1.807, 2.05) is 41.3 Å². The van der Waals surface area contributed by atoms with Crippen LogP contribution in [0.2, 0.25) is 0 Å². The number of para-hydroxylation sites is 1. The molecule has 0 bridgehead atoms. The van der Waals surface area contributed by atoms with Crippen LogP contribution in [-0.2, 0) is 25.8 Å². The average Bonchev–Trinajstić information content (AvgIpc) is 3.06. The zero-order valence-electron chi connectivity index (χ0n) is 25.8. The number of aromatic nitrogens is 3. The summed E-state index contributed by atoms with van der Waals surface area (Å²) < 4.78 is 58.8. The number of pyridine rings is 1. The van der Waals surface area contributed by atoms with E-state index in [1.54, 1.807) is 30.5 Å². The number of nitrogens with two attached hydrogens (primary N) is 1. The van der Waals surface area contributed by atoms with Gasteiger partial charge in [-0.1, -0.05) is 60.7 Å². The SMILES string of the molecule is Cc1c(N2CCN(Cc3cccc4cccnc34)CC2)c(=O)n(C[C@H](N)c2ccccc2)c(=O)n1Cc1c(F)cccc1C(F)(F)F. The van der Waals surface area contributed by atoms with Crippen LogP contribution >= 0.6 is 0 Å². The van der Waals surface area contributed by atoms with E-state index in [9.17, 15) is 27.2 Å². The summed E-state index contributed by atoms with van der Waals surface area (Å²) in [4.78, 5) is 36.6. The van der Waals surface area contributed by atoms with E-state index in [0.717, 1.165) is 43.8 Å². The topological polar surface area (TPSA) is 89.4 Å². The Kier molecular flexibility index (Phi) is 8.98. The van der Waals surface area contributed by atoms with Crippen LogP contribution in [0.4, 0.5) is 23.2 Å². The van der Waals surface area contributed by atoms with E-state index in [-0.39, 0.29) is 17.9 Å². The number of piperazine rings is 1. The highest BCUT2D eigenvalue weighted by Gasteiger charge is 2.35. The molecule has 8 nitrogen and oxygen atoms in total. The monoisotopic (exact) mass is 646 g/mol. The van der Waals surface area contributed by atoms with Gasteiger partial charge in [-0.2, -0.15) is 13.2 Å². The van der Waals surface area contributed by atoms with Crippen molar-refractivity contribution in [1.82, 2.24) is 19.0 Å². The van der Waals surface area contributed by atoms with Crippen LogP contribution in [0.5, 0.6) is 0 Å². The first-order valence-corrected chi connectivity index (χ1v) is 15.3. The van der Waals surface area contributed by atoms with Crippen molar-refractivity contribution in [3.05, 3.63) is 140 Å². The highest BCUT2D eigenvalue weighted by atomic mass is 19.4. The molecule has 2 aromatic heterocycles. The molecule has 244 valence electrons. The summed E-state index contributed by atoms with van der Waals surface area (Å²) in [5.74, 6) is -1.09. The van der Waals surface area contributed by atoms with Gasteiger partial charge in [0.1, 0.15) is 11.5 Å². The van der Waals surface area contributed by atoms with Crippen LogP contribution in [0.15, 0.2) is 94.6 Å². The van der Waals surface area contributed by atoms with Crippen molar-refractivity contribution < 1.29 is 17.6 Å². The summed E-state index contributed by atoms with van der Waals surface area (Å²) in [6.45, 7) is 3.23. The summed E-state index contributed by atoms with van der Waals surface area (Å²) in [5, 5.41) is 1.04. The maximum absolute atomic E-state index is 15.0. The van der Waals surface area contributed by atoms with Crippen molar-refractivity contribution in [2.75, 3.05) is 31.1 Å². The molecule has 1 saturated heterocycles. The number of anilines is 1. The Morgan fingerprint density at radius 2 is 1.55 bits per heavy atom. The van der Waals surface area contributed by atoms with Gasteiger partial charge in [0, 0.05) is 61.6 Å². The number of rotatable bonds is 8. The van der Waals surface area contributed by atoms with Crippen molar-refractivity contribution in [3.63, 3.8) is 0 Å². The molecular weight excluding hydrogens is 612 g/mol. The molecule has 0 aliphatic carbocycles. The third kappa shape index (κ3) is 6.56. The fraction of sp³-hybridized carbons (Fsp3) is 0.286. The third-order valence-corrected chi connectivity index (χ3v) is 8.80. The van der Waals surface area contributed by atoms with Crippen molar-refractivity contribution in [3.8, 4) is 0 Å². The van der Waals surface area contributed by atoms with Crippen molar-refractivity contribution in [2.24, 2.45) is 5.73 Å². The van der Waals surface area contributed by atoms with Gasteiger partial charge in [0.25, 0.3) is 5.56 Å². The first kappa shape index (κ1) is 32.1. The Morgan fingerprint density at radius 1 is 0.851 bits per heavy atom. The number of halogens is 4. The summed E-state index contributed by atoms with van der Waals surface area (Å²) in [6.07, 6.45) is -3.09. The fourth-order valence-electron chi connectivity index (χ4n) is 6.31. The smallest absolute Gasteiger partial charge is 0.363 e. The number of nitrogens with zero attached hydrogens (tertiary/aromatic N) is 5. The van der Waals surface area contributed by atoms with Crippen molar-refractivity contribution in [2.45, 2.75) is 38.8 Å². The fourth-order valence-corrected chi connectivity index (χ4v) is 6.31. The van der Waals surface area contributed by atoms with Crippen molar-refractivity contribution in [1.29, 1.82) is 0 Å². The summed E-state index contributed by atoms with van der Waals surface area (Å²) in [7, 11) is 0. The van der Waals surface area contributed by atoms with Gasteiger partial charge in [0.2, 0.25) is 0 Å². The number of benzene rings is 3. The van der Waals surface area contributed by atoms with E-state index >= 15 is 0 Å². The minimum absolute atomic E-state index is 0.160. The van der Waals surface area contributed by atoms with E-state index in [4.69, 9.17) is 5.73 Å². The lowest BCUT2D eigenvalue weighted by molar-refractivity contribution is -0.138. The van der Waals surface area contributed by atoms with Gasteiger partial charge >= 0.3 is 11.9 Å². The van der Waals surface area contributed by atoms with Gasteiger partial charge < -0.3 is 10.6 Å². The molecule has 3 heterocycles. The first-order chi connectivity index (χ1) is 22.5. The van der Waals surface area contributed by atoms with Gasteiger partial charge in [-0.3, -0.25) is 23.8 Å². The van der Waals surface area contributed by atoms with E-state index in [0.29, 0.717) is 38.3 Å². The Morgan fingerprint density at radius 3 is 2.28 bits per heavy atom. The lowest BCUT2D eigenvalue weighted by Crippen LogP contribution is -2.51. The largest absolute Gasteiger partial charge is 0.416 e. The predicted molar refractivity (Wildman–Crippen MR) is 173 cm³/mol. The van der Waals surface area contributed by atoms with E-state index in [1.165, 1.54) is 6.92 Å². The zero-order valence-corrected chi connectivity index (χ0v) is 25.8. The van der Waals surface area contributed by atoms with Crippen LogP contribution in [-0.4, -0.2) is 45.2 Å². The zero-order chi connectivity index (χ0) is 33.3. The standard InChI is InChI=1S/C35H34F4N6O2/c1-23-32(43-18-16-42(17-19-43)20-26-11-5-10-25-12-7-15-41-31(25)26)33(46)45(22-30(40)24-8-3-2-4-9-24)34(47)44(23)21-27-28(35(37,38)39)13-6-14-29(27)36/h2-15,30H,16-22,40H2,1H3/t30-/m0/s1. The molecule has 1 aliphatic rings. The molecule has 1 atom stereocenters. The molecule has 1 fully saturated rings. The molecule has 0 radical (unpaired) electrons. The normalized spacial score (nSPS) is 14.9. The van der Waals surface area contributed by atoms with Crippen molar-refractivity contribution >= 4 is 16.6 Å². The Labute approximate surface area is 268 Å². The summed E-state index contributed by atoms with van der Waals surface area (Å²) in [6, 6.07) is 20.8. The maximum atomic E-state index is 15.0. The molecule has 5 aromatic rings. The van der Waals surface area contributed by atoms with Gasteiger partial charge in [-0.25, -0.2) is 9.18 Å². The minimum Gasteiger partial charge on any atom is -0.363 e. The summed E-state index contributed by atoms with van der Waals surface area (Å²) in [5.41, 5.74) is 6.13. The molecule has 0 saturated carbocycles. The molecule has 0 spiro atoms. The molecule has 0 amide bonds. The van der Waals surface area contributed by atoms with E-state index < -0.39 is 47.0 Å². The highest BCUT2D eigenvalue weighted by molar-refractivity contribution is 5.81. The van der Waals surface area contributed by atoms with Crippen LogP contribution in [0.3, 0.4) is 0 Å². The molecule has 47 heavy (non-hydrogen) atoms. The number of fused-ring (bicyclic) bond motifs is 1. The lowest BCUT2D eigenvalue weighted by atomic mass is 10.1. The van der Waals surface area contributed by atoms with Crippen LogP contribution in [0.1, 0.15) is 34.0 Å². The number of hydrogen-bond acceptors (Lipinski definition) is 6. The molecule has 2 N–H and O–H groups in total. The third-order valence-electron chi connectivity index (χ3n) is 8.80. The van der Waals surface area contributed by atoms with Gasteiger partial charge in [-0.15, -0.1) is 0 Å². The van der Waals surface area contributed by atoms with E-state index in [2.05, 4.69) is 9.88 Å². The average molecular weight is 647 g/mol. The lowest BCUT2D eigenvalue weighted by Gasteiger charge is -2.37. The van der Waals surface area contributed by atoms with Crippen LogP contribution in [0.25, 0.3) is 10.9 Å². The molecule has 1 aliphatic heterocycles. The maximum Gasteiger partial charge on any atom is 0.416 e. The Bertz CT molecular complexity index is 2010. The van der Waals surface area contributed by atoms with Gasteiger partial charge in [-0.05, 0) is 36.2 Å². The van der Waals surface area contributed by atoms with Gasteiger partial charge in [0.15, 0.2) is 0 Å². The summed E-state index contributed by atoms with van der Waals surface area (Å²) >= 11 is 0. The van der Waals surface area contributed by atoms with Gasteiger partial charge in [0.05, 0.1) is 24.2 Å². The number of alkyl halides is 3.